The lowest BCUT2D eigenvalue weighted by atomic mass is 9.49. The van der Waals surface area contributed by atoms with Crippen molar-refractivity contribution in [3.05, 3.63) is 0 Å². The molecule has 5 rings (SSSR count). The quantitative estimate of drug-likeness (QED) is 0.823. The Kier molecular flexibility index (Phi) is 4.70. The average Bonchev–Trinajstić information content (AvgIpc) is 2.64. The number of carbonyl (C=O) groups excluding carboxylic acids is 3. The Morgan fingerprint density at radius 3 is 1.88 bits per heavy atom. The third-order valence-electron chi connectivity index (χ3n) is 7.17. The summed E-state index contributed by atoms with van der Waals surface area (Å²) >= 11 is 0. The smallest absolute Gasteiger partial charge is 0.242 e. The van der Waals surface area contributed by atoms with Gasteiger partial charge < -0.3 is 15.1 Å². The zero-order valence-electron chi connectivity index (χ0n) is 15.8. The zero-order valence-corrected chi connectivity index (χ0v) is 15.8. The van der Waals surface area contributed by atoms with E-state index in [1.54, 1.807) is 11.8 Å². The van der Waals surface area contributed by atoms with Gasteiger partial charge in [-0.05, 0) is 56.3 Å². The Morgan fingerprint density at radius 2 is 1.38 bits per heavy atom. The molecule has 1 heterocycles. The standard InChI is InChI=1S/C20H31N3O3/c1-2-17(24)21-13-18(25)22-3-5-23(6-4-22)19(26)20-10-14-7-15(11-20)9-16(8-14)12-20/h14-16H,2-13H2,1H3,(H,21,24). The van der Waals surface area contributed by atoms with Crippen molar-refractivity contribution in [1.29, 1.82) is 0 Å². The average molecular weight is 361 g/mol. The Labute approximate surface area is 155 Å². The number of amides is 3. The lowest BCUT2D eigenvalue weighted by Crippen LogP contribution is -2.59. The van der Waals surface area contributed by atoms with E-state index in [0.29, 0.717) is 38.5 Å². The molecular weight excluding hydrogens is 330 g/mol. The maximum Gasteiger partial charge on any atom is 0.242 e. The number of nitrogens with zero attached hydrogens (tertiary/aromatic N) is 2. The lowest BCUT2D eigenvalue weighted by molar-refractivity contribution is -0.160. The van der Waals surface area contributed by atoms with Crippen LogP contribution in [0, 0.1) is 23.2 Å². The van der Waals surface area contributed by atoms with E-state index in [1.165, 1.54) is 19.3 Å². The number of hydrogen-bond donors (Lipinski definition) is 1. The number of rotatable bonds is 4. The highest BCUT2D eigenvalue weighted by molar-refractivity contribution is 5.86. The lowest BCUT2D eigenvalue weighted by Gasteiger charge is -2.57. The Morgan fingerprint density at radius 1 is 0.885 bits per heavy atom. The fourth-order valence-corrected chi connectivity index (χ4v) is 6.28. The number of carbonyl (C=O) groups is 3. The monoisotopic (exact) mass is 361 g/mol. The highest BCUT2D eigenvalue weighted by Gasteiger charge is 2.55. The van der Waals surface area contributed by atoms with Gasteiger partial charge in [-0.3, -0.25) is 14.4 Å². The number of hydrogen-bond acceptors (Lipinski definition) is 3. The molecule has 144 valence electrons. The summed E-state index contributed by atoms with van der Waals surface area (Å²) in [4.78, 5) is 40.7. The van der Waals surface area contributed by atoms with Crippen LogP contribution in [0.5, 0.6) is 0 Å². The van der Waals surface area contributed by atoms with Crippen LogP contribution in [0.25, 0.3) is 0 Å². The topological polar surface area (TPSA) is 69.7 Å². The molecule has 0 aromatic heterocycles. The minimum Gasteiger partial charge on any atom is -0.347 e. The van der Waals surface area contributed by atoms with Gasteiger partial charge in [0.15, 0.2) is 0 Å². The first-order chi connectivity index (χ1) is 12.5. The molecule has 4 aliphatic carbocycles. The number of piperazine rings is 1. The minimum atomic E-state index is -0.103. The van der Waals surface area contributed by atoms with Gasteiger partial charge in [0, 0.05) is 32.6 Å². The van der Waals surface area contributed by atoms with Crippen molar-refractivity contribution in [1.82, 2.24) is 15.1 Å². The molecule has 5 aliphatic rings. The van der Waals surface area contributed by atoms with Crippen LogP contribution in [0.1, 0.15) is 51.9 Å². The zero-order chi connectivity index (χ0) is 18.3. The normalized spacial score (nSPS) is 35.5. The van der Waals surface area contributed by atoms with E-state index in [0.717, 1.165) is 37.0 Å². The van der Waals surface area contributed by atoms with Crippen molar-refractivity contribution in [2.45, 2.75) is 51.9 Å². The molecule has 0 aromatic carbocycles. The van der Waals surface area contributed by atoms with Crippen molar-refractivity contribution in [2.24, 2.45) is 23.2 Å². The van der Waals surface area contributed by atoms with E-state index in [1.807, 2.05) is 4.90 Å². The summed E-state index contributed by atoms with van der Waals surface area (Å²) in [6.07, 6.45) is 7.72. The van der Waals surface area contributed by atoms with E-state index >= 15 is 0 Å². The molecule has 0 aromatic rings. The van der Waals surface area contributed by atoms with Gasteiger partial charge in [-0.15, -0.1) is 0 Å². The fourth-order valence-electron chi connectivity index (χ4n) is 6.28. The second-order valence-corrected chi connectivity index (χ2v) is 9.00. The summed E-state index contributed by atoms with van der Waals surface area (Å²) in [5.74, 6) is 2.53. The molecule has 4 bridgehead atoms. The molecule has 0 unspecified atom stereocenters. The Hall–Kier alpha value is -1.59. The van der Waals surface area contributed by atoms with Gasteiger partial charge in [0.1, 0.15) is 0 Å². The second-order valence-electron chi connectivity index (χ2n) is 9.00. The largest absolute Gasteiger partial charge is 0.347 e. The van der Waals surface area contributed by atoms with Crippen LogP contribution in [0.3, 0.4) is 0 Å². The predicted octanol–water partition coefficient (Wildman–Crippen LogP) is 1.40. The van der Waals surface area contributed by atoms with Crippen LogP contribution in [0.4, 0.5) is 0 Å². The highest BCUT2D eigenvalue weighted by atomic mass is 16.2. The van der Waals surface area contributed by atoms with Crippen LogP contribution >= 0.6 is 0 Å². The molecule has 0 radical (unpaired) electrons. The summed E-state index contributed by atoms with van der Waals surface area (Å²) in [5.41, 5.74) is -0.0873. The molecule has 4 saturated carbocycles. The molecular formula is C20H31N3O3. The molecule has 0 spiro atoms. The molecule has 1 N–H and O–H groups in total. The van der Waals surface area contributed by atoms with Crippen LogP contribution in [-0.4, -0.2) is 60.2 Å². The first-order valence-electron chi connectivity index (χ1n) is 10.3. The third kappa shape index (κ3) is 3.23. The first kappa shape index (κ1) is 17.8. The van der Waals surface area contributed by atoms with E-state index in [4.69, 9.17) is 0 Å². The van der Waals surface area contributed by atoms with Gasteiger partial charge in [-0.1, -0.05) is 6.92 Å². The second kappa shape index (κ2) is 6.86. The van der Waals surface area contributed by atoms with Gasteiger partial charge >= 0.3 is 0 Å². The molecule has 26 heavy (non-hydrogen) atoms. The first-order valence-corrected chi connectivity index (χ1v) is 10.3. The predicted molar refractivity (Wildman–Crippen MR) is 97.1 cm³/mol. The molecule has 6 nitrogen and oxygen atoms in total. The third-order valence-corrected chi connectivity index (χ3v) is 7.17. The van der Waals surface area contributed by atoms with Crippen LogP contribution < -0.4 is 5.32 Å². The van der Waals surface area contributed by atoms with Crippen molar-refractivity contribution in [3.63, 3.8) is 0 Å². The summed E-state index contributed by atoms with van der Waals surface area (Å²) < 4.78 is 0. The summed E-state index contributed by atoms with van der Waals surface area (Å²) in [5, 5.41) is 2.64. The Bertz CT molecular complexity index is 560. The van der Waals surface area contributed by atoms with Crippen molar-refractivity contribution < 1.29 is 14.4 Å². The molecule has 3 amide bonds. The molecule has 1 saturated heterocycles. The summed E-state index contributed by atoms with van der Waals surface area (Å²) in [7, 11) is 0. The van der Waals surface area contributed by atoms with Gasteiger partial charge in [0.2, 0.25) is 17.7 Å². The van der Waals surface area contributed by atoms with Crippen molar-refractivity contribution in [2.75, 3.05) is 32.7 Å². The SMILES string of the molecule is CCC(=O)NCC(=O)N1CCN(C(=O)C23CC4CC(CC(C4)C2)C3)CC1. The summed E-state index contributed by atoms with van der Waals surface area (Å²) in [6.45, 7) is 4.27. The fraction of sp³-hybridized carbons (Fsp3) is 0.850. The van der Waals surface area contributed by atoms with Crippen molar-refractivity contribution in [3.8, 4) is 0 Å². The Balaban J connectivity index is 1.31. The minimum absolute atomic E-state index is 0.0475. The molecule has 1 aliphatic heterocycles. The van der Waals surface area contributed by atoms with Crippen LogP contribution in [0.2, 0.25) is 0 Å². The van der Waals surface area contributed by atoms with E-state index in [2.05, 4.69) is 5.32 Å². The van der Waals surface area contributed by atoms with Crippen LogP contribution in [0.15, 0.2) is 0 Å². The molecule has 5 fully saturated rings. The van der Waals surface area contributed by atoms with Gasteiger partial charge in [-0.2, -0.15) is 0 Å². The van der Waals surface area contributed by atoms with Crippen LogP contribution in [-0.2, 0) is 14.4 Å². The maximum absolute atomic E-state index is 13.3. The summed E-state index contributed by atoms with van der Waals surface area (Å²) in [6, 6.07) is 0. The van der Waals surface area contributed by atoms with Gasteiger partial charge in [0.05, 0.1) is 12.0 Å². The highest BCUT2D eigenvalue weighted by Crippen LogP contribution is 2.60. The van der Waals surface area contributed by atoms with E-state index < -0.39 is 0 Å². The van der Waals surface area contributed by atoms with Gasteiger partial charge in [-0.25, -0.2) is 0 Å². The maximum atomic E-state index is 13.3. The molecule has 0 atom stereocenters. The number of nitrogens with one attached hydrogen (secondary N) is 1. The van der Waals surface area contributed by atoms with E-state index in [-0.39, 0.29) is 23.8 Å². The van der Waals surface area contributed by atoms with E-state index in [9.17, 15) is 14.4 Å². The van der Waals surface area contributed by atoms with Gasteiger partial charge in [0.25, 0.3) is 0 Å². The van der Waals surface area contributed by atoms with Crippen molar-refractivity contribution >= 4 is 17.7 Å². The molecule has 6 heteroatoms.